The van der Waals surface area contributed by atoms with Crippen molar-refractivity contribution < 1.29 is 18.3 Å². The highest BCUT2D eigenvalue weighted by molar-refractivity contribution is 6.35. The smallest absolute Gasteiger partial charge is 0.408 e. The molecule has 31 heavy (non-hydrogen) atoms. The molecule has 1 amide bonds. The molecule has 0 fully saturated rings. The second kappa shape index (κ2) is 8.63. The van der Waals surface area contributed by atoms with E-state index >= 15 is 0 Å². The van der Waals surface area contributed by atoms with Gasteiger partial charge < -0.3 is 10.1 Å². The molecule has 164 valence electrons. The number of nitrogens with zero attached hydrogens (tertiary/aromatic N) is 2. The third-order valence-electron chi connectivity index (χ3n) is 4.37. The Morgan fingerprint density at radius 3 is 2.52 bits per heavy atom. The minimum Gasteiger partial charge on any atom is -0.444 e. The molecule has 3 aromatic rings. The van der Waals surface area contributed by atoms with E-state index in [4.69, 9.17) is 16.3 Å². The van der Waals surface area contributed by atoms with Crippen LogP contribution in [0.1, 0.15) is 51.6 Å². The van der Waals surface area contributed by atoms with Crippen molar-refractivity contribution in [3.8, 4) is 5.69 Å². The van der Waals surface area contributed by atoms with Crippen LogP contribution in [-0.2, 0) is 4.74 Å². The van der Waals surface area contributed by atoms with Crippen LogP contribution in [0.3, 0.4) is 0 Å². The Balaban J connectivity index is 2.20. The Labute approximate surface area is 182 Å². The van der Waals surface area contributed by atoms with E-state index in [-0.39, 0.29) is 27.5 Å². The summed E-state index contributed by atoms with van der Waals surface area (Å²) in [6, 6.07) is 9.46. The average molecular weight is 450 g/mol. The maximum absolute atomic E-state index is 13.4. The molecule has 0 aliphatic carbocycles. The van der Waals surface area contributed by atoms with Gasteiger partial charge in [0.2, 0.25) is 0 Å². The zero-order valence-corrected chi connectivity index (χ0v) is 18.2. The molecule has 0 saturated carbocycles. The predicted molar refractivity (Wildman–Crippen MR) is 115 cm³/mol. The number of rotatable bonds is 4. The number of carbonyl (C=O) groups is 1. The Kier molecular flexibility index (Phi) is 6.31. The summed E-state index contributed by atoms with van der Waals surface area (Å²) >= 11 is 6.23. The highest BCUT2D eigenvalue weighted by atomic mass is 35.5. The molecule has 2 aromatic carbocycles. The minimum atomic E-state index is -2.71. The lowest BCUT2D eigenvalue weighted by Gasteiger charge is -2.23. The van der Waals surface area contributed by atoms with E-state index in [1.165, 1.54) is 28.8 Å². The van der Waals surface area contributed by atoms with E-state index < -0.39 is 29.7 Å². The molecule has 1 N–H and O–H groups in total. The van der Waals surface area contributed by atoms with Crippen molar-refractivity contribution in [2.24, 2.45) is 0 Å². The highest BCUT2D eigenvalue weighted by Gasteiger charge is 2.23. The molecule has 0 unspecified atom stereocenters. The first-order chi connectivity index (χ1) is 14.5. The predicted octanol–water partition coefficient (Wildman–Crippen LogP) is 5.56. The van der Waals surface area contributed by atoms with Crippen LogP contribution < -0.4 is 10.9 Å². The summed E-state index contributed by atoms with van der Waals surface area (Å²) in [6.45, 7) is 6.79. The number of amides is 1. The Morgan fingerprint density at radius 2 is 1.87 bits per heavy atom. The number of ether oxygens (including phenoxy) is 1. The van der Waals surface area contributed by atoms with Crippen molar-refractivity contribution in [1.82, 2.24) is 14.9 Å². The number of benzene rings is 2. The van der Waals surface area contributed by atoms with Crippen LogP contribution in [0.2, 0.25) is 5.02 Å². The summed E-state index contributed by atoms with van der Waals surface area (Å²) in [7, 11) is 0. The largest absolute Gasteiger partial charge is 0.444 e. The van der Waals surface area contributed by atoms with Crippen LogP contribution in [0.25, 0.3) is 16.6 Å². The number of alkyl carbamates (subject to hydrolysis) is 1. The number of hydrogen-bond donors (Lipinski definition) is 1. The van der Waals surface area contributed by atoms with Crippen LogP contribution in [0.4, 0.5) is 13.6 Å². The van der Waals surface area contributed by atoms with Gasteiger partial charge in [-0.3, -0.25) is 9.36 Å². The summed E-state index contributed by atoms with van der Waals surface area (Å²) in [6.07, 6.45) is -3.42. The van der Waals surface area contributed by atoms with Gasteiger partial charge in [-0.2, -0.15) is 0 Å². The van der Waals surface area contributed by atoms with Crippen molar-refractivity contribution in [3.05, 3.63) is 69.2 Å². The van der Waals surface area contributed by atoms with E-state index in [1.54, 1.807) is 45.9 Å². The van der Waals surface area contributed by atoms with Crippen LogP contribution in [-0.4, -0.2) is 21.2 Å². The lowest BCUT2D eigenvalue weighted by atomic mass is 10.1. The number of fused-ring (bicyclic) bond motifs is 1. The van der Waals surface area contributed by atoms with E-state index in [9.17, 15) is 18.4 Å². The maximum atomic E-state index is 13.4. The van der Waals surface area contributed by atoms with Crippen LogP contribution in [0, 0.1) is 0 Å². The number of halogens is 3. The van der Waals surface area contributed by atoms with Gasteiger partial charge in [-0.15, -0.1) is 0 Å². The molecule has 0 spiro atoms. The van der Waals surface area contributed by atoms with Gasteiger partial charge in [0.05, 0.1) is 27.7 Å². The van der Waals surface area contributed by atoms with E-state index in [2.05, 4.69) is 10.3 Å². The maximum Gasteiger partial charge on any atom is 0.408 e. The fraction of sp³-hybridized carbons (Fsp3) is 0.318. The molecule has 0 radical (unpaired) electrons. The van der Waals surface area contributed by atoms with Crippen LogP contribution in [0.5, 0.6) is 0 Å². The van der Waals surface area contributed by atoms with Crippen molar-refractivity contribution in [3.63, 3.8) is 0 Å². The SMILES string of the molecule is C[C@H](NC(=O)OC(C)(C)C)c1nc2cccc(Cl)c2c(=O)n1-c1cccc(C(F)F)c1. The Bertz CT molecular complexity index is 1190. The molecule has 3 rings (SSSR count). The fourth-order valence-corrected chi connectivity index (χ4v) is 3.35. The molecule has 0 saturated heterocycles. The molecule has 6 nitrogen and oxygen atoms in total. The van der Waals surface area contributed by atoms with Gasteiger partial charge in [0.25, 0.3) is 12.0 Å². The van der Waals surface area contributed by atoms with E-state index in [1.807, 2.05) is 0 Å². The van der Waals surface area contributed by atoms with Gasteiger partial charge in [0, 0.05) is 5.56 Å². The summed E-state index contributed by atoms with van der Waals surface area (Å²) in [4.78, 5) is 30.2. The lowest BCUT2D eigenvalue weighted by Crippen LogP contribution is -2.37. The third kappa shape index (κ3) is 5.02. The lowest BCUT2D eigenvalue weighted by molar-refractivity contribution is 0.0505. The van der Waals surface area contributed by atoms with Crippen molar-refractivity contribution in [2.75, 3.05) is 0 Å². The molecular formula is C22H22ClF2N3O3. The summed E-state index contributed by atoms with van der Waals surface area (Å²) in [5.74, 6) is 0.150. The summed E-state index contributed by atoms with van der Waals surface area (Å²) in [5.41, 5.74) is -0.992. The zero-order chi connectivity index (χ0) is 22.9. The molecule has 0 bridgehead atoms. The number of alkyl halides is 2. The zero-order valence-electron chi connectivity index (χ0n) is 17.4. The standard InChI is InChI=1S/C22H22ClF2N3O3/c1-12(26-21(30)31-22(2,3)4)19-27-16-10-6-9-15(23)17(16)20(29)28(19)14-8-5-7-13(11-14)18(24)25/h5-12,18H,1-4H3,(H,26,30)/t12-/m0/s1. The first-order valence-electron chi connectivity index (χ1n) is 9.57. The first-order valence-corrected chi connectivity index (χ1v) is 9.95. The second-order valence-corrected chi connectivity index (χ2v) is 8.42. The second-order valence-electron chi connectivity index (χ2n) is 8.01. The monoisotopic (exact) mass is 449 g/mol. The van der Waals surface area contributed by atoms with Gasteiger partial charge in [-0.25, -0.2) is 18.6 Å². The summed E-state index contributed by atoms with van der Waals surface area (Å²) in [5, 5.41) is 2.98. The van der Waals surface area contributed by atoms with Gasteiger partial charge in [-0.05, 0) is 52.0 Å². The average Bonchev–Trinajstić information content (AvgIpc) is 2.66. The molecule has 1 atom stereocenters. The molecule has 0 aliphatic rings. The van der Waals surface area contributed by atoms with E-state index in [0.717, 1.165) is 0 Å². The molecule has 0 aliphatic heterocycles. The van der Waals surface area contributed by atoms with Crippen molar-refractivity contribution >= 4 is 28.6 Å². The Morgan fingerprint density at radius 1 is 1.19 bits per heavy atom. The van der Waals surface area contributed by atoms with Gasteiger partial charge in [-0.1, -0.05) is 29.8 Å². The topological polar surface area (TPSA) is 73.2 Å². The third-order valence-corrected chi connectivity index (χ3v) is 4.69. The first kappa shape index (κ1) is 22.7. The van der Waals surface area contributed by atoms with Crippen molar-refractivity contribution in [2.45, 2.75) is 45.8 Å². The number of hydrogen-bond acceptors (Lipinski definition) is 4. The van der Waals surface area contributed by atoms with Gasteiger partial charge in [0.15, 0.2) is 0 Å². The number of aromatic nitrogens is 2. The minimum absolute atomic E-state index is 0.150. The molecule has 1 heterocycles. The van der Waals surface area contributed by atoms with Crippen LogP contribution in [0.15, 0.2) is 47.3 Å². The molecular weight excluding hydrogens is 428 g/mol. The summed E-state index contributed by atoms with van der Waals surface area (Å²) < 4.78 is 33.0. The van der Waals surface area contributed by atoms with Gasteiger partial charge >= 0.3 is 6.09 Å². The molecule has 9 heteroatoms. The quantitative estimate of drug-likeness (QED) is 0.565. The van der Waals surface area contributed by atoms with Gasteiger partial charge in [0.1, 0.15) is 11.4 Å². The normalized spacial score (nSPS) is 12.8. The highest BCUT2D eigenvalue weighted by Crippen LogP contribution is 2.25. The van der Waals surface area contributed by atoms with Crippen LogP contribution >= 0.6 is 11.6 Å². The number of carbonyl (C=O) groups excluding carboxylic acids is 1. The Hall–Kier alpha value is -3.00. The molecule has 1 aromatic heterocycles. The van der Waals surface area contributed by atoms with E-state index in [0.29, 0.717) is 5.52 Å². The fourth-order valence-electron chi connectivity index (χ4n) is 3.10. The number of nitrogens with one attached hydrogen (secondary N) is 1. The van der Waals surface area contributed by atoms with Crippen molar-refractivity contribution in [1.29, 1.82) is 0 Å².